The first kappa shape index (κ1) is 15.4. The van der Waals surface area contributed by atoms with Gasteiger partial charge in [0.2, 0.25) is 11.8 Å². The van der Waals surface area contributed by atoms with Gasteiger partial charge in [0.05, 0.1) is 12.3 Å². The predicted molar refractivity (Wildman–Crippen MR) is 83.5 cm³/mol. The van der Waals surface area contributed by atoms with E-state index in [1.54, 1.807) is 16.7 Å². The van der Waals surface area contributed by atoms with Gasteiger partial charge in [-0.2, -0.15) is 0 Å². The molecule has 2 amide bonds. The summed E-state index contributed by atoms with van der Waals surface area (Å²) >= 11 is 5.06. The zero-order valence-electron chi connectivity index (χ0n) is 11.3. The molecule has 0 aromatic heterocycles. The fraction of sp³-hybridized carbons (Fsp3) is 0.429. The Kier molecular flexibility index (Phi) is 5.10. The summed E-state index contributed by atoms with van der Waals surface area (Å²) < 4.78 is 0.967. The number of amides is 2. The zero-order valence-corrected chi connectivity index (χ0v) is 13.7. The fourth-order valence-corrected chi connectivity index (χ4v) is 3.38. The standard InChI is InChI=1S/C14H17BrN2O2S/c1-20-12-3-2-11(15)6-10(12)7-13(18)17-5-4-9(8-17)14(16)19/h2-3,6,9H,4-5,7-8H2,1H3,(H2,16,19)/t9-/m0/s1. The molecule has 108 valence electrons. The molecule has 1 aliphatic rings. The molecule has 1 aliphatic heterocycles. The van der Waals surface area contributed by atoms with Crippen LogP contribution in [-0.4, -0.2) is 36.1 Å². The van der Waals surface area contributed by atoms with Crippen LogP contribution < -0.4 is 5.73 Å². The van der Waals surface area contributed by atoms with Crippen molar-refractivity contribution in [2.24, 2.45) is 11.7 Å². The van der Waals surface area contributed by atoms with Crippen LogP contribution in [0.4, 0.5) is 0 Å². The highest BCUT2D eigenvalue weighted by atomic mass is 79.9. The summed E-state index contributed by atoms with van der Waals surface area (Å²) in [5, 5.41) is 0. The molecule has 0 saturated carbocycles. The molecule has 0 bridgehead atoms. The first-order valence-electron chi connectivity index (χ1n) is 6.40. The summed E-state index contributed by atoms with van der Waals surface area (Å²) in [5.41, 5.74) is 6.31. The number of nitrogens with two attached hydrogens (primary N) is 1. The third kappa shape index (κ3) is 3.55. The first-order chi connectivity index (χ1) is 9.51. The Morgan fingerprint density at radius 3 is 2.85 bits per heavy atom. The minimum absolute atomic E-state index is 0.0575. The number of likely N-dealkylation sites (tertiary alicyclic amines) is 1. The molecule has 1 atom stereocenters. The van der Waals surface area contributed by atoms with E-state index in [0.717, 1.165) is 14.9 Å². The van der Waals surface area contributed by atoms with E-state index < -0.39 is 0 Å². The topological polar surface area (TPSA) is 63.4 Å². The van der Waals surface area contributed by atoms with E-state index in [2.05, 4.69) is 15.9 Å². The fourth-order valence-electron chi connectivity index (χ4n) is 2.38. The summed E-state index contributed by atoms with van der Waals surface area (Å²) in [4.78, 5) is 26.3. The molecular formula is C14H17BrN2O2S. The lowest BCUT2D eigenvalue weighted by molar-refractivity contribution is -0.129. The second-order valence-electron chi connectivity index (χ2n) is 4.86. The van der Waals surface area contributed by atoms with E-state index in [1.165, 1.54) is 0 Å². The number of benzene rings is 1. The third-order valence-electron chi connectivity index (χ3n) is 3.53. The number of hydrogen-bond donors (Lipinski definition) is 1. The maximum Gasteiger partial charge on any atom is 0.227 e. The van der Waals surface area contributed by atoms with Gasteiger partial charge in [-0.05, 0) is 36.4 Å². The van der Waals surface area contributed by atoms with Gasteiger partial charge in [0.25, 0.3) is 0 Å². The van der Waals surface area contributed by atoms with Gasteiger partial charge >= 0.3 is 0 Å². The molecular weight excluding hydrogens is 340 g/mol. The van der Waals surface area contributed by atoms with E-state index >= 15 is 0 Å². The highest BCUT2D eigenvalue weighted by Gasteiger charge is 2.29. The normalized spacial score (nSPS) is 18.3. The van der Waals surface area contributed by atoms with Crippen LogP contribution >= 0.6 is 27.7 Å². The highest BCUT2D eigenvalue weighted by Crippen LogP contribution is 2.26. The molecule has 0 spiro atoms. The van der Waals surface area contributed by atoms with Gasteiger partial charge in [-0.25, -0.2) is 0 Å². The van der Waals surface area contributed by atoms with E-state index in [9.17, 15) is 9.59 Å². The molecule has 1 heterocycles. The summed E-state index contributed by atoms with van der Waals surface area (Å²) in [6.45, 7) is 1.08. The molecule has 20 heavy (non-hydrogen) atoms. The number of nitrogens with zero attached hydrogens (tertiary/aromatic N) is 1. The van der Waals surface area contributed by atoms with Gasteiger partial charge in [0.15, 0.2) is 0 Å². The van der Waals surface area contributed by atoms with Crippen LogP contribution in [0.25, 0.3) is 0 Å². The van der Waals surface area contributed by atoms with Crippen molar-refractivity contribution >= 4 is 39.5 Å². The Morgan fingerprint density at radius 2 is 2.25 bits per heavy atom. The van der Waals surface area contributed by atoms with Crippen LogP contribution in [0.15, 0.2) is 27.6 Å². The van der Waals surface area contributed by atoms with Crippen molar-refractivity contribution in [1.82, 2.24) is 4.90 Å². The van der Waals surface area contributed by atoms with E-state index in [0.29, 0.717) is 25.9 Å². The zero-order chi connectivity index (χ0) is 14.7. The molecule has 0 unspecified atom stereocenters. The van der Waals surface area contributed by atoms with Crippen LogP contribution in [0.2, 0.25) is 0 Å². The smallest absolute Gasteiger partial charge is 0.227 e. The lowest BCUT2D eigenvalue weighted by atomic mass is 10.1. The van der Waals surface area contributed by atoms with E-state index in [1.807, 2.05) is 24.5 Å². The molecule has 1 aromatic rings. The molecule has 1 aromatic carbocycles. The van der Waals surface area contributed by atoms with E-state index in [-0.39, 0.29) is 17.7 Å². The second-order valence-corrected chi connectivity index (χ2v) is 6.62. The van der Waals surface area contributed by atoms with Crippen LogP contribution in [0.1, 0.15) is 12.0 Å². The monoisotopic (exact) mass is 356 g/mol. The van der Waals surface area contributed by atoms with Gasteiger partial charge in [-0.1, -0.05) is 15.9 Å². The minimum Gasteiger partial charge on any atom is -0.369 e. The third-order valence-corrected chi connectivity index (χ3v) is 4.86. The summed E-state index contributed by atoms with van der Waals surface area (Å²) in [7, 11) is 0. The summed E-state index contributed by atoms with van der Waals surface area (Å²) in [5.74, 6) is -0.448. The SMILES string of the molecule is CSc1ccc(Br)cc1CC(=O)N1CC[C@H](C(N)=O)C1. The average Bonchev–Trinajstić information content (AvgIpc) is 2.89. The molecule has 4 nitrogen and oxygen atoms in total. The van der Waals surface area contributed by atoms with Crippen molar-refractivity contribution in [3.05, 3.63) is 28.2 Å². The number of thioether (sulfide) groups is 1. The highest BCUT2D eigenvalue weighted by molar-refractivity contribution is 9.10. The molecule has 0 aliphatic carbocycles. The number of carbonyl (C=O) groups is 2. The minimum atomic E-state index is -0.312. The van der Waals surface area contributed by atoms with Crippen LogP contribution in [0.5, 0.6) is 0 Å². The number of hydrogen-bond acceptors (Lipinski definition) is 3. The molecule has 2 N–H and O–H groups in total. The molecule has 1 saturated heterocycles. The second kappa shape index (κ2) is 6.63. The quantitative estimate of drug-likeness (QED) is 0.839. The number of halogens is 1. The van der Waals surface area contributed by atoms with Crippen molar-refractivity contribution in [2.45, 2.75) is 17.7 Å². The van der Waals surface area contributed by atoms with Crippen LogP contribution in [0.3, 0.4) is 0 Å². The molecule has 0 radical (unpaired) electrons. The number of rotatable bonds is 4. The van der Waals surface area contributed by atoms with Gasteiger partial charge in [0, 0.05) is 22.5 Å². The summed E-state index contributed by atoms with van der Waals surface area (Å²) in [6, 6.07) is 5.96. The average molecular weight is 357 g/mol. The largest absolute Gasteiger partial charge is 0.369 e. The Morgan fingerprint density at radius 1 is 1.50 bits per heavy atom. The van der Waals surface area contributed by atoms with Crippen LogP contribution in [0, 0.1) is 5.92 Å². The summed E-state index contributed by atoms with van der Waals surface area (Å²) in [6.07, 6.45) is 3.03. The Balaban J connectivity index is 2.05. The van der Waals surface area contributed by atoms with Crippen molar-refractivity contribution in [2.75, 3.05) is 19.3 Å². The Bertz CT molecular complexity index is 536. The molecule has 6 heteroatoms. The van der Waals surface area contributed by atoms with Gasteiger partial charge in [0.1, 0.15) is 0 Å². The predicted octanol–water partition coefficient (Wildman–Crippen LogP) is 2.05. The number of primary amides is 1. The number of carbonyl (C=O) groups excluding carboxylic acids is 2. The van der Waals surface area contributed by atoms with Crippen molar-refractivity contribution in [3.63, 3.8) is 0 Å². The van der Waals surface area contributed by atoms with Gasteiger partial charge < -0.3 is 10.6 Å². The molecule has 2 rings (SSSR count). The maximum atomic E-state index is 12.3. The van der Waals surface area contributed by atoms with Crippen molar-refractivity contribution < 1.29 is 9.59 Å². The lowest BCUT2D eigenvalue weighted by Crippen LogP contribution is -2.32. The van der Waals surface area contributed by atoms with Gasteiger partial charge in [-0.15, -0.1) is 11.8 Å². The maximum absolute atomic E-state index is 12.3. The molecule has 1 fully saturated rings. The van der Waals surface area contributed by atoms with Gasteiger partial charge in [-0.3, -0.25) is 9.59 Å². The van der Waals surface area contributed by atoms with E-state index in [4.69, 9.17) is 5.73 Å². The van der Waals surface area contributed by atoms with Crippen molar-refractivity contribution in [1.29, 1.82) is 0 Å². The van der Waals surface area contributed by atoms with Crippen LogP contribution in [-0.2, 0) is 16.0 Å². The lowest BCUT2D eigenvalue weighted by Gasteiger charge is -2.17. The van der Waals surface area contributed by atoms with Crippen molar-refractivity contribution in [3.8, 4) is 0 Å². The Hall–Kier alpha value is -1.01. The Labute approximate surface area is 131 Å². The first-order valence-corrected chi connectivity index (χ1v) is 8.42.